The van der Waals surface area contributed by atoms with Crippen LogP contribution in [0.4, 0.5) is 0 Å². The Kier molecular flexibility index (Phi) is 3.72. The molecule has 10 heavy (non-hydrogen) atoms. The number of carbonyl (C=O) groups is 1. The van der Waals surface area contributed by atoms with Gasteiger partial charge in [0.15, 0.2) is 0 Å². The topological polar surface area (TPSA) is 46.5 Å². The summed E-state index contributed by atoms with van der Waals surface area (Å²) in [6.07, 6.45) is 3.35. The molecule has 0 aromatic carbocycles. The van der Waals surface area contributed by atoms with E-state index >= 15 is 0 Å². The molecular weight excluding hydrogens is 132 g/mol. The monoisotopic (exact) mass is 140 g/mol. The fraction of sp³-hybridized carbons (Fsp3) is 0. The summed E-state index contributed by atoms with van der Waals surface area (Å²) in [7, 11) is 0. The standard InChI is InChI=1S/C7H8O3/c1-3-10-6(2)4-5-7(8)9/h3-5H,1-2H2,(H,8,9). The Morgan fingerprint density at radius 1 is 1.50 bits per heavy atom. The van der Waals surface area contributed by atoms with Crippen LogP contribution >= 0.6 is 0 Å². The van der Waals surface area contributed by atoms with Crippen molar-refractivity contribution in [2.24, 2.45) is 0 Å². The van der Waals surface area contributed by atoms with E-state index in [-0.39, 0.29) is 5.76 Å². The molecule has 0 saturated heterocycles. The number of carboxylic acids is 1. The molecule has 0 aliphatic rings. The van der Waals surface area contributed by atoms with Crippen molar-refractivity contribution in [2.45, 2.75) is 0 Å². The number of ether oxygens (including phenoxy) is 1. The summed E-state index contributed by atoms with van der Waals surface area (Å²) in [5.41, 5.74) is 0. The zero-order valence-corrected chi connectivity index (χ0v) is 5.41. The molecule has 0 rings (SSSR count). The fourth-order valence-electron chi connectivity index (χ4n) is 0.311. The average molecular weight is 140 g/mol. The van der Waals surface area contributed by atoms with Gasteiger partial charge in [0.05, 0.1) is 6.26 Å². The van der Waals surface area contributed by atoms with E-state index in [1.165, 1.54) is 12.3 Å². The quantitative estimate of drug-likeness (QED) is 0.363. The molecule has 0 aliphatic heterocycles. The third-order valence-corrected chi connectivity index (χ3v) is 0.647. The van der Waals surface area contributed by atoms with Crippen LogP contribution < -0.4 is 0 Å². The third-order valence-electron chi connectivity index (χ3n) is 0.647. The van der Waals surface area contributed by atoms with Crippen LogP contribution in [0.15, 0.2) is 37.3 Å². The first-order valence-electron chi connectivity index (χ1n) is 2.54. The molecule has 0 amide bonds. The maximum atomic E-state index is 9.90. The number of hydrogen-bond acceptors (Lipinski definition) is 2. The molecule has 0 heterocycles. The molecule has 0 radical (unpaired) electrons. The summed E-state index contributed by atoms with van der Waals surface area (Å²) in [5.74, 6) is -0.786. The molecular formula is C7H8O3. The van der Waals surface area contributed by atoms with Crippen LogP contribution in [0.1, 0.15) is 0 Å². The Bertz CT molecular complexity index is 179. The van der Waals surface area contributed by atoms with E-state index in [9.17, 15) is 4.79 Å². The van der Waals surface area contributed by atoms with E-state index in [1.807, 2.05) is 0 Å². The predicted molar refractivity (Wildman–Crippen MR) is 37.2 cm³/mol. The smallest absolute Gasteiger partial charge is 0.328 e. The summed E-state index contributed by atoms with van der Waals surface area (Å²) in [6, 6.07) is 0. The minimum absolute atomic E-state index is 0.248. The van der Waals surface area contributed by atoms with Crippen LogP contribution in [0.5, 0.6) is 0 Å². The van der Waals surface area contributed by atoms with Gasteiger partial charge in [-0.05, 0) is 6.08 Å². The van der Waals surface area contributed by atoms with Crippen molar-refractivity contribution >= 4 is 5.97 Å². The van der Waals surface area contributed by atoms with Gasteiger partial charge in [-0.1, -0.05) is 13.2 Å². The van der Waals surface area contributed by atoms with Crippen molar-refractivity contribution in [2.75, 3.05) is 0 Å². The Balaban J connectivity index is 3.77. The van der Waals surface area contributed by atoms with Gasteiger partial charge in [0.2, 0.25) is 0 Å². The summed E-state index contributed by atoms with van der Waals surface area (Å²) in [5, 5.41) is 8.12. The molecule has 3 nitrogen and oxygen atoms in total. The Morgan fingerprint density at radius 2 is 2.10 bits per heavy atom. The SMILES string of the molecule is C=COC(=C)C=CC(=O)O. The Hall–Kier alpha value is -1.51. The molecule has 0 bridgehead atoms. The molecule has 0 spiro atoms. The molecule has 0 aliphatic carbocycles. The van der Waals surface area contributed by atoms with Crippen LogP contribution in [0.25, 0.3) is 0 Å². The van der Waals surface area contributed by atoms with E-state index in [1.54, 1.807) is 0 Å². The Labute approximate surface area is 58.9 Å². The second kappa shape index (κ2) is 4.38. The summed E-state index contributed by atoms with van der Waals surface area (Å²) in [4.78, 5) is 9.90. The average Bonchev–Trinajstić information content (AvgIpc) is 1.85. The maximum absolute atomic E-state index is 9.90. The molecule has 0 unspecified atom stereocenters. The maximum Gasteiger partial charge on any atom is 0.328 e. The number of allylic oxidation sites excluding steroid dienone is 1. The largest absolute Gasteiger partial charge is 0.478 e. The van der Waals surface area contributed by atoms with E-state index < -0.39 is 5.97 Å². The normalized spacial score (nSPS) is 9.20. The molecule has 0 fully saturated rings. The number of hydrogen-bond donors (Lipinski definition) is 1. The highest BCUT2D eigenvalue weighted by Crippen LogP contribution is 1.94. The van der Waals surface area contributed by atoms with Gasteiger partial charge in [0.25, 0.3) is 0 Å². The lowest BCUT2D eigenvalue weighted by atomic mass is 10.4. The van der Waals surface area contributed by atoms with Crippen LogP contribution in [0.2, 0.25) is 0 Å². The molecule has 0 atom stereocenters. The summed E-state index contributed by atoms with van der Waals surface area (Å²) >= 11 is 0. The van der Waals surface area contributed by atoms with Crippen molar-refractivity contribution < 1.29 is 14.6 Å². The first-order valence-corrected chi connectivity index (χ1v) is 2.54. The molecule has 3 heteroatoms. The highest BCUT2D eigenvalue weighted by atomic mass is 16.5. The lowest BCUT2D eigenvalue weighted by Gasteiger charge is -1.93. The predicted octanol–water partition coefficient (Wildman–Crippen LogP) is 1.30. The van der Waals surface area contributed by atoms with Crippen molar-refractivity contribution in [1.82, 2.24) is 0 Å². The van der Waals surface area contributed by atoms with Crippen molar-refractivity contribution in [1.29, 1.82) is 0 Å². The van der Waals surface area contributed by atoms with Crippen molar-refractivity contribution in [3.63, 3.8) is 0 Å². The number of aliphatic carboxylic acids is 1. The second-order valence-corrected chi connectivity index (χ2v) is 1.42. The van der Waals surface area contributed by atoms with E-state index in [0.717, 1.165) is 6.08 Å². The third kappa shape index (κ3) is 4.64. The van der Waals surface area contributed by atoms with E-state index in [2.05, 4.69) is 17.9 Å². The van der Waals surface area contributed by atoms with Gasteiger partial charge >= 0.3 is 5.97 Å². The van der Waals surface area contributed by atoms with Crippen molar-refractivity contribution in [3.05, 3.63) is 37.3 Å². The molecule has 54 valence electrons. The highest BCUT2D eigenvalue weighted by Gasteiger charge is 1.86. The lowest BCUT2D eigenvalue weighted by molar-refractivity contribution is -0.131. The zero-order chi connectivity index (χ0) is 7.98. The number of rotatable bonds is 4. The van der Waals surface area contributed by atoms with Crippen LogP contribution in [0.3, 0.4) is 0 Å². The first-order chi connectivity index (χ1) is 4.66. The zero-order valence-electron chi connectivity index (χ0n) is 5.41. The fourth-order valence-corrected chi connectivity index (χ4v) is 0.311. The van der Waals surface area contributed by atoms with Crippen LogP contribution in [-0.2, 0) is 9.53 Å². The van der Waals surface area contributed by atoms with Gasteiger partial charge < -0.3 is 9.84 Å². The van der Waals surface area contributed by atoms with Gasteiger partial charge in [-0.2, -0.15) is 0 Å². The van der Waals surface area contributed by atoms with Gasteiger partial charge in [-0.3, -0.25) is 0 Å². The Morgan fingerprint density at radius 3 is 2.50 bits per heavy atom. The van der Waals surface area contributed by atoms with E-state index in [4.69, 9.17) is 5.11 Å². The van der Waals surface area contributed by atoms with Gasteiger partial charge in [0, 0.05) is 6.08 Å². The second-order valence-electron chi connectivity index (χ2n) is 1.42. The van der Waals surface area contributed by atoms with Crippen LogP contribution in [-0.4, -0.2) is 11.1 Å². The minimum Gasteiger partial charge on any atom is -0.478 e. The summed E-state index contributed by atoms with van der Waals surface area (Å²) in [6.45, 7) is 6.64. The van der Waals surface area contributed by atoms with E-state index in [0.29, 0.717) is 0 Å². The van der Waals surface area contributed by atoms with Crippen LogP contribution in [0, 0.1) is 0 Å². The minimum atomic E-state index is -1.03. The van der Waals surface area contributed by atoms with Gasteiger partial charge in [0.1, 0.15) is 5.76 Å². The number of carboxylic acid groups (broad SMARTS) is 1. The molecule has 0 aromatic rings. The van der Waals surface area contributed by atoms with Gasteiger partial charge in [-0.15, -0.1) is 0 Å². The first kappa shape index (κ1) is 8.49. The summed E-state index contributed by atoms with van der Waals surface area (Å²) < 4.78 is 4.61. The lowest BCUT2D eigenvalue weighted by Crippen LogP contribution is -1.86. The molecule has 1 N–H and O–H groups in total. The van der Waals surface area contributed by atoms with Gasteiger partial charge in [-0.25, -0.2) is 4.79 Å². The highest BCUT2D eigenvalue weighted by molar-refractivity contribution is 5.80. The molecule has 0 aromatic heterocycles. The van der Waals surface area contributed by atoms with Crippen molar-refractivity contribution in [3.8, 4) is 0 Å². The molecule has 0 saturated carbocycles.